The highest BCUT2D eigenvalue weighted by Crippen LogP contribution is 2.36. The van der Waals surface area contributed by atoms with E-state index < -0.39 is 9.84 Å². The first-order valence-corrected chi connectivity index (χ1v) is 8.97. The number of para-hydroxylation sites is 1. The van der Waals surface area contributed by atoms with Gasteiger partial charge in [0.25, 0.3) is 0 Å². The molecule has 5 nitrogen and oxygen atoms in total. The highest BCUT2D eigenvalue weighted by molar-refractivity contribution is 7.95. The summed E-state index contributed by atoms with van der Waals surface area (Å²) < 4.78 is 36.1. The van der Waals surface area contributed by atoms with Gasteiger partial charge in [-0.25, -0.2) is 8.42 Å². The molecule has 0 saturated carbocycles. The van der Waals surface area contributed by atoms with Crippen LogP contribution in [0, 0.1) is 11.3 Å². The van der Waals surface area contributed by atoms with Crippen molar-refractivity contribution >= 4 is 15.9 Å². The molecule has 0 aliphatic carbocycles. The van der Waals surface area contributed by atoms with Crippen LogP contribution in [0.25, 0.3) is 6.08 Å². The number of benzene rings is 2. The van der Waals surface area contributed by atoms with E-state index in [-0.39, 0.29) is 16.4 Å². The fourth-order valence-corrected chi connectivity index (χ4v) is 3.70. The molecule has 0 N–H and O–H groups in total. The average molecular weight is 353 g/mol. The maximum Gasteiger partial charge on any atom is 0.216 e. The molecule has 25 heavy (non-hydrogen) atoms. The summed E-state index contributed by atoms with van der Waals surface area (Å²) in [5.74, 6) is 1.21. The van der Waals surface area contributed by atoms with E-state index in [0.29, 0.717) is 17.1 Å². The lowest BCUT2D eigenvalue weighted by atomic mass is 10.1. The third-order valence-electron chi connectivity index (χ3n) is 3.72. The fourth-order valence-electron chi connectivity index (χ4n) is 2.51. The van der Waals surface area contributed by atoms with E-state index in [9.17, 15) is 13.7 Å². The maximum atomic E-state index is 12.6. The number of ether oxygens (including phenoxy) is 2. The molecule has 6 heteroatoms. The number of methoxy groups -OCH3 is 1. The van der Waals surface area contributed by atoms with Crippen LogP contribution in [0.5, 0.6) is 11.5 Å². The van der Waals surface area contributed by atoms with Gasteiger partial charge in [0.05, 0.1) is 12.0 Å². The Hall–Kier alpha value is -3.04. The predicted octanol–water partition coefficient (Wildman–Crippen LogP) is 3.35. The third-order valence-corrected chi connectivity index (χ3v) is 5.40. The summed E-state index contributed by atoms with van der Waals surface area (Å²) in [7, 11) is -2.31. The number of allylic oxidation sites excluding steroid dienone is 1. The molecule has 0 aromatic heterocycles. The minimum absolute atomic E-state index is 0.0854. The van der Waals surface area contributed by atoms with Crippen LogP contribution >= 0.6 is 0 Å². The smallest absolute Gasteiger partial charge is 0.216 e. The number of fused-ring (bicyclic) bond motifs is 1. The van der Waals surface area contributed by atoms with Crippen LogP contribution in [0.3, 0.4) is 0 Å². The molecule has 2 aromatic rings. The van der Waals surface area contributed by atoms with Gasteiger partial charge in [0.1, 0.15) is 17.6 Å². The molecule has 126 valence electrons. The fraction of sp³-hybridized carbons (Fsp3) is 0.105. The first-order chi connectivity index (χ1) is 12.1. The molecule has 0 atom stereocenters. The van der Waals surface area contributed by atoms with Crippen molar-refractivity contribution < 1.29 is 17.9 Å². The molecule has 0 unspecified atom stereocenters. The van der Waals surface area contributed by atoms with E-state index in [2.05, 4.69) is 0 Å². The van der Waals surface area contributed by atoms with Crippen LogP contribution in [0.4, 0.5) is 0 Å². The molecular weight excluding hydrogens is 338 g/mol. The number of sulfone groups is 1. The Labute approximate surface area is 146 Å². The molecule has 1 heterocycles. The van der Waals surface area contributed by atoms with Gasteiger partial charge in [-0.15, -0.1) is 0 Å². The molecular formula is C19H15NO4S. The molecule has 0 saturated heterocycles. The monoisotopic (exact) mass is 353 g/mol. The Morgan fingerprint density at radius 1 is 1.20 bits per heavy atom. The Bertz CT molecular complexity index is 999. The standard InChI is InChI=1S/C19H15NO4S/c1-23-18-9-5-6-15-10-14(13-24-19(15)18)11-17(12-20)25(21,22)16-7-3-2-4-8-16/h2-11H,13H2,1H3. The third kappa shape index (κ3) is 3.28. The molecule has 0 bridgehead atoms. The van der Waals surface area contributed by atoms with Crippen LogP contribution in [-0.4, -0.2) is 22.1 Å². The number of hydrogen-bond donors (Lipinski definition) is 0. The SMILES string of the molecule is COc1cccc2c1OCC(C=C(C#N)S(=O)(=O)c1ccccc1)=C2. The Kier molecular flexibility index (Phi) is 4.59. The van der Waals surface area contributed by atoms with E-state index in [4.69, 9.17) is 9.47 Å². The van der Waals surface area contributed by atoms with Gasteiger partial charge in [0.15, 0.2) is 11.5 Å². The average Bonchev–Trinajstić information content (AvgIpc) is 2.65. The lowest BCUT2D eigenvalue weighted by Gasteiger charge is -2.18. The van der Waals surface area contributed by atoms with Crippen molar-refractivity contribution in [2.45, 2.75) is 4.90 Å². The van der Waals surface area contributed by atoms with E-state index in [1.165, 1.54) is 18.2 Å². The highest BCUT2D eigenvalue weighted by Gasteiger charge is 2.22. The normalized spacial score (nSPS) is 13.9. The van der Waals surface area contributed by atoms with Crippen molar-refractivity contribution in [2.24, 2.45) is 0 Å². The summed E-state index contributed by atoms with van der Waals surface area (Å²) in [5, 5.41) is 9.35. The second-order valence-corrected chi connectivity index (χ2v) is 7.24. The zero-order valence-electron chi connectivity index (χ0n) is 13.5. The maximum absolute atomic E-state index is 12.6. The largest absolute Gasteiger partial charge is 0.493 e. The summed E-state index contributed by atoms with van der Waals surface area (Å²) in [6, 6.07) is 15.1. The van der Waals surface area contributed by atoms with Gasteiger partial charge < -0.3 is 9.47 Å². The molecule has 1 aliphatic heterocycles. The summed E-state index contributed by atoms with van der Waals surface area (Å²) in [5.41, 5.74) is 1.36. The second kappa shape index (κ2) is 6.83. The molecule has 0 amide bonds. The number of rotatable bonds is 4. The zero-order chi connectivity index (χ0) is 17.9. The van der Waals surface area contributed by atoms with Crippen molar-refractivity contribution in [3.63, 3.8) is 0 Å². The van der Waals surface area contributed by atoms with E-state index in [1.807, 2.05) is 12.1 Å². The quantitative estimate of drug-likeness (QED) is 0.788. The Morgan fingerprint density at radius 2 is 1.96 bits per heavy atom. The van der Waals surface area contributed by atoms with E-state index in [1.54, 1.807) is 43.5 Å². The van der Waals surface area contributed by atoms with Crippen LogP contribution in [0.2, 0.25) is 0 Å². The van der Waals surface area contributed by atoms with Gasteiger partial charge in [-0.05, 0) is 35.9 Å². The van der Waals surface area contributed by atoms with Crippen molar-refractivity contribution in [3.8, 4) is 17.6 Å². The van der Waals surface area contributed by atoms with Gasteiger partial charge in [-0.2, -0.15) is 5.26 Å². The summed E-state index contributed by atoms with van der Waals surface area (Å²) in [6.07, 6.45) is 3.14. The summed E-state index contributed by atoms with van der Waals surface area (Å²) in [4.78, 5) is -0.234. The number of nitriles is 1. The topological polar surface area (TPSA) is 76.4 Å². The van der Waals surface area contributed by atoms with Gasteiger partial charge in [-0.1, -0.05) is 30.3 Å². The highest BCUT2D eigenvalue weighted by atomic mass is 32.2. The Balaban J connectivity index is 2.02. The van der Waals surface area contributed by atoms with Crippen LogP contribution in [-0.2, 0) is 9.84 Å². The first kappa shape index (κ1) is 16.8. The van der Waals surface area contributed by atoms with Gasteiger partial charge in [-0.3, -0.25) is 0 Å². The van der Waals surface area contributed by atoms with Crippen LogP contribution in [0.1, 0.15) is 5.56 Å². The van der Waals surface area contributed by atoms with Crippen LogP contribution in [0.15, 0.2) is 70.0 Å². The van der Waals surface area contributed by atoms with E-state index >= 15 is 0 Å². The Morgan fingerprint density at radius 3 is 2.64 bits per heavy atom. The predicted molar refractivity (Wildman–Crippen MR) is 93.8 cm³/mol. The molecule has 0 spiro atoms. The van der Waals surface area contributed by atoms with Crippen molar-refractivity contribution in [1.29, 1.82) is 5.26 Å². The molecule has 2 aromatic carbocycles. The first-order valence-electron chi connectivity index (χ1n) is 7.48. The zero-order valence-corrected chi connectivity index (χ0v) is 14.3. The number of hydrogen-bond acceptors (Lipinski definition) is 5. The van der Waals surface area contributed by atoms with Crippen molar-refractivity contribution in [1.82, 2.24) is 0 Å². The molecule has 0 radical (unpaired) electrons. The molecule has 1 aliphatic rings. The van der Waals surface area contributed by atoms with E-state index in [0.717, 1.165) is 5.56 Å². The van der Waals surface area contributed by atoms with Crippen LogP contribution < -0.4 is 9.47 Å². The second-order valence-electron chi connectivity index (χ2n) is 5.32. The van der Waals surface area contributed by atoms with Gasteiger partial charge in [0, 0.05) is 5.56 Å². The summed E-state index contributed by atoms with van der Waals surface area (Å²) >= 11 is 0. The molecule has 0 fully saturated rings. The minimum Gasteiger partial charge on any atom is -0.493 e. The van der Waals surface area contributed by atoms with Crippen molar-refractivity contribution in [3.05, 3.63) is 70.6 Å². The number of nitrogens with zero attached hydrogens (tertiary/aromatic N) is 1. The van der Waals surface area contributed by atoms with Gasteiger partial charge in [0.2, 0.25) is 9.84 Å². The lowest BCUT2D eigenvalue weighted by molar-refractivity contribution is 0.318. The lowest BCUT2D eigenvalue weighted by Crippen LogP contribution is -2.09. The minimum atomic E-state index is -3.86. The van der Waals surface area contributed by atoms with Gasteiger partial charge >= 0.3 is 0 Å². The van der Waals surface area contributed by atoms with Crippen molar-refractivity contribution in [2.75, 3.05) is 13.7 Å². The summed E-state index contributed by atoms with van der Waals surface area (Å²) in [6.45, 7) is 0.156. The molecule has 3 rings (SSSR count).